The SMILES string of the molecule is CC/C=C\C/C=C\C/C=C\C/C=C\C/C=C\CCCCCCCCCCCCCCCCCCCC(=O)OC(COC(=O)CCCCCCCCCCCCCCCCCCCCCCCCCCCCCCC/C=C\C/C=C\CCCCCCC)COP(=O)([O-])OCC[N+](C)(C)C. The van der Waals surface area contributed by atoms with Crippen LogP contribution in [0.5, 0.6) is 0 Å². The third kappa shape index (κ3) is 82.1. The molecule has 0 aromatic carbocycles. The first-order chi connectivity index (χ1) is 48.0. The second kappa shape index (κ2) is 78.3. The van der Waals surface area contributed by atoms with Gasteiger partial charge in [0.15, 0.2) is 6.10 Å². The summed E-state index contributed by atoms with van der Waals surface area (Å²) in [5.74, 6) is -0.813. The number of carbonyl (C=O) groups is 2. The Bertz CT molecular complexity index is 1930. The molecular weight excluding hydrogens is 1230 g/mol. The molecule has 0 bridgehead atoms. The summed E-state index contributed by atoms with van der Waals surface area (Å²) >= 11 is 0. The highest BCUT2D eigenvalue weighted by Gasteiger charge is 2.22. The van der Waals surface area contributed by atoms with E-state index in [2.05, 4.69) is 98.9 Å². The molecule has 10 heteroatoms. The van der Waals surface area contributed by atoms with E-state index in [-0.39, 0.29) is 32.0 Å². The highest BCUT2D eigenvalue weighted by atomic mass is 31.2. The van der Waals surface area contributed by atoms with Gasteiger partial charge in [-0.25, -0.2) is 0 Å². The van der Waals surface area contributed by atoms with Gasteiger partial charge in [-0.15, -0.1) is 0 Å². The van der Waals surface area contributed by atoms with Crippen LogP contribution in [0.1, 0.15) is 412 Å². The molecule has 0 aliphatic carbocycles. The molecule has 98 heavy (non-hydrogen) atoms. The van der Waals surface area contributed by atoms with Crippen LogP contribution in [0.25, 0.3) is 0 Å². The number of nitrogens with zero attached hydrogens (tertiary/aromatic N) is 1. The maximum Gasteiger partial charge on any atom is 0.306 e. The molecule has 0 N–H and O–H groups in total. The number of ether oxygens (including phenoxy) is 2. The number of unbranched alkanes of at least 4 members (excludes halogenated alkanes) is 51. The zero-order valence-corrected chi connectivity index (χ0v) is 66.4. The van der Waals surface area contributed by atoms with Crippen LogP contribution in [0.2, 0.25) is 0 Å². The monoisotopic (exact) mass is 1390 g/mol. The molecule has 0 radical (unpaired) electrons. The van der Waals surface area contributed by atoms with E-state index in [0.29, 0.717) is 17.4 Å². The van der Waals surface area contributed by atoms with Gasteiger partial charge in [-0.2, -0.15) is 0 Å². The summed E-state index contributed by atoms with van der Waals surface area (Å²) in [6.45, 7) is 4.18. The van der Waals surface area contributed by atoms with Crippen molar-refractivity contribution >= 4 is 19.8 Å². The van der Waals surface area contributed by atoms with Crippen molar-refractivity contribution in [3.63, 3.8) is 0 Å². The number of likely N-dealkylation sites (N-methyl/N-ethyl adjacent to an activating group) is 1. The fourth-order valence-corrected chi connectivity index (χ4v) is 13.2. The number of carbonyl (C=O) groups excluding carboxylic acids is 2. The third-order valence-electron chi connectivity index (χ3n) is 18.9. The zero-order chi connectivity index (χ0) is 71.1. The first-order valence-corrected chi connectivity index (χ1v) is 43.8. The summed E-state index contributed by atoms with van der Waals surface area (Å²) in [4.78, 5) is 38.2. The van der Waals surface area contributed by atoms with E-state index in [4.69, 9.17) is 18.5 Å². The van der Waals surface area contributed by atoms with Crippen molar-refractivity contribution in [2.24, 2.45) is 0 Å². The molecular formula is C88H162NO8P. The minimum atomic E-state index is -4.65. The van der Waals surface area contributed by atoms with Gasteiger partial charge in [0.05, 0.1) is 27.7 Å². The minimum Gasteiger partial charge on any atom is -0.756 e. The molecule has 0 aliphatic rings. The van der Waals surface area contributed by atoms with Gasteiger partial charge in [0.1, 0.15) is 19.8 Å². The van der Waals surface area contributed by atoms with Gasteiger partial charge in [0, 0.05) is 12.8 Å². The molecule has 0 aliphatic heterocycles. The normalized spacial score (nSPS) is 13.4. The lowest BCUT2D eigenvalue weighted by atomic mass is 10.0. The Morgan fingerprint density at radius 1 is 0.327 bits per heavy atom. The zero-order valence-electron chi connectivity index (χ0n) is 65.5. The van der Waals surface area contributed by atoms with E-state index in [1.807, 2.05) is 21.1 Å². The molecule has 0 spiro atoms. The average molecular weight is 1390 g/mol. The Balaban J connectivity index is 3.88. The lowest BCUT2D eigenvalue weighted by Crippen LogP contribution is -2.37. The fraction of sp³-hybridized carbons (Fsp3) is 0.818. The number of hydrogen-bond donors (Lipinski definition) is 0. The number of rotatable bonds is 79. The van der Waals surface area contributed by atoms with Gasteiger partial charge in [0.25, 0.3) is 7.82 Å². The topological polar surface area (TPSA) is 111 Å². The molecule has 0 heterocycles. The van der Waals surface area contributed by atoms with Gasteiger partial charge >= 0.3 is 11.9 Å². The Kier molecular flexibility index (Phi) is 76.1. The molecule has 2 atom stereocenters. The second-order valence-corrected chi connectivity index (χ2v) is 31.2. The number of hydrogen-bond acceptors (Lipinski definition) is 8. The van der Waals surface area contributed by atoms with Crippen LogP contribution in [0.4, 0.5) is 0 Å². The summed E-state index contributed by atoms with van der Waals surface area (Å²) in [5, 5.41) is 0. The van der Waals surface area contributed by atoms with Crippen LogP contribution in [0.3, 0.4) is 0 Å². The van der Waals surface area contributed by atoms with E-state index < -0.39 is 26.5 Å². The molecule has 0 aromatic heterocycles. The fourth-order valence-electron chi connectivity index (χ4n) is 12.5. The molecule has 0 saturated heterocycles. The molecule has 0 aromatic rings. The number of phosphoric ester groups is 1. The first-order valence-electron chi connectivity index (χ1n) is 42.3. The maximum absolute atomic E-state index is 12.9. The van der Waals surface area contributed by atoms with Gasteiger partial charge in [0.2, 0.25) is 0 Å². The molecule has 572 valence electrons. The lowest BCUT2D eigenvalue weighted by molar-refractivity contribution is -0.870. The second-order valence-electron chi connectivity index (χ2n) is 29.8. The molecule has 9 nitrogen and oxygen atoms in total. The Morgan fingerprint density at radius 2 is 0.582 bits per heavy atom. The van der Waals surface area contributed by atoms with Crippen LogP contribution in [0.15, 0.2) is 85.1 Å². The first kappa shape index (κ1) is 95.2. The van der Waals surface area contributed by atoms with Crippen molar-refractivity contribution in [2.45, 2.75) is 418 Å². The molecule has 0 saturated carbocycles. The van der Waals surface area contributed by atoms with Gasteiger partial charge in [-0.3, -0.25) is 14.2 Å². The van der Waals surface area contributed by atoms with E-state index >= 15 is 0 Å². The lowest BCUT2D eigenvalue weighted by Gasteiger charge is -2.28. The Hall–Kier alpha value is -2.81. The predicted molar refractivity (Wildman–Crippen MR) is 425 cm³/mol. The van der Waals surface area contributed by atoms with E-state index in [0.717, 1.165) is 77.0 Å². The van der Waals surface area contributed by atoms with Crippen molar-refractivity contribution in [3.05, 3.63) is 85.1 Å². The van der Waals surface area contributed by atoms with Crippen LogP contribution in [-0.2, 0) is 32.7 Å². The van der Waals surface area contributed by atoms with Crippen LogP contribution >= 0.6 is 7.82 Å². The molecule has 0 fully saturated rings. The van der Waals surface area contributed by atoms with Gasteiger partial charge in [-0.05, 0) is 89.9 Å². The maximum atomic E-state index is 12.9. The van der Waals surface area contributed by atoms with Gasteiger partial charge in [-0.1, -0.05) is 394 Å². The van der Waals surface area contributed by atoms with E-state index in [1.165, 1.54) is 302 Å². The van der Waals surface area contributed by atoms with Crippen molar-refractivity contribution in [1.29, 1.82) is 0 Å². The van der Waals surface area contributed by atoms with E-state index in [1.54, 1.807) is 0 Å². The summed E-state index contributed by atoms with van der Waals surface area (Å²) in [5.41, 5.74) is 0. The molecule has 0 rings (SSSR count). The third-order valence-corrected chi connectivity index (χ3v) is 19.9. The minimum absolute atomic E-state index is 0.0300. The summed E-state index contributed by atoms with van der Waals surface area (Å²) in [6, 6.07) is 0. The average Bonchev–Trinajstić information content (AvgIpc) is 1.08. The largest absolute Gasteiger partial charge is 0.756 e. The van der Waals surface area contributed by atoms with Crippen molar-refractivity contribution in [3.8, 4) is 0 Å². The highest BCUT2D eigenvalue weighted by Crippen LogP contribution is 2.38. The van der Waals surface area contributed by atoms with Crippen molar-refractivity contribution in [2.75, 3.05) is 47.5 Å². The quantitative estimate of drug-likeness (QED) is 0.0195. The number of quaternary nitrogens is 1. The number of phosphoric acid groups is 1. The van der Waals surface area contributed by atoms with Gasteiger partial charge < -0.3 is 27.9 Å². The standard InChI is InChI=1S/C88H162NO8P/c1-6-8-10-12-14-16-18-20-22-24-26-28-30-32-34-36-38-40-41-42-43-44-45-46-47-49-50-52-54-56-58-60-62-64-66-68-70-72-74-76-78-80-87(90)94-84-86(85-96-98(92,93)95-83-82-89(3,4)5)97-88(91)81-79-77-75-73-71-69-67-65-63-61-59-57-55-53-51-48-39-37-35-33-31-29-27-25-23-21-19-17-15-13-11-9-7-2/h9,11,15,17-18,20-21,23-24,26-27,29,33,35,86H,6-8,10,12-14,16,19,22,25,28,30-32,34,36-85H2,1-5H3/b11-9-,17-15-,20-18-,23-21-,26-24-,29-27-,35-33-. The summed E-state index contributed by atoms with van der Waals surface area (Å²) in [6.07, 6.45) is 109. The smallest absolute Gasteiger partial charge is 0.306 e. The van der Waals surface area contributed by atoms with E-state index in [9.17, 15) is 19.0 Å². The number of allylic oxidation sites excluding steroid dienone is 14. The van der Waals surface area contributed by atoms with Crippen LogP contribution in [-0.4, -0.2) is 70.0 Å². The van der Waals surface area contributed by atoms with Crippen molar-refractivity contribution in [1.82, 2.24) is 0 Å². The summed E-state index contributed by atoms with van der Waals surface area (Å²) < 4.78 is 34.5. The molecule has 2 unspecified atom stereocenters. The number of esters is 2. The Labute approximate surface area is 609 Å². The predicted octanol–water partition coefficient (Wildman–Crippen LogP) is 27.8. The summed E-state index contributed by atoms with van der Waals surface area (Å²) in [7, 11) is 1.18. The van der Waals surface area contributed by atoms with Crippen LogP contribution in [0, 0.1) is 0 Å². The van der Waals surface area contributed by atoms with Crippen LogP contribution < -0.4 is 4.89 Å². The molecule has 0 amide bonds. The Morgan fingerprint density at radius 3 is 0.867 bits per heavy atom. The van der Waals surface area contributed by atoms with Crippen molar-refractivity contribution < 1.29 is 42.1 Å². The highest BCUT2D eigenvalue weighted by molar-refractivity contribution is 7.45.